The second kappa shape index (κ2) is 8.18. The second-order valence-electron chi connectivity index (χ2n) is 8.29. The zero-order valence-corrected chi connectivity index (χ0v) is 16.5. The van der Waals surface area contributed by atoms with E-state index in [1.54, 1.807) is 14.2 Å². The topological polar surface area (TPSA) is 24.9 Å². The number of benzene rings is 1. The van der Waals surface area contributed by atoms with E-state index in [-0.39, 0.29) is 0 Å². The molecule has 4 heteroatoms. The normalized spacial score (nSPS) is 28.1. The van der Waals surface area contributed by atoms with Gasteiger partial charge in [0.15, 0.2) is 11.5 Å². The van der Waals surface area contributed by atoms with Crippen molar-refractivity contribution in [3.8, 4) is 11.5 Å². The molecular weight excluding hydrogens is 324 g/mol. The van der Waals surface area contributed by atoms with Crippen LogP contribution in [0.4, 0.5) is 0 Å². The molecule has 0 radical (unpaired) electrons. The van der Waals surface area contributed by atoms with Crippen molar-refractivity contribution < 1.29 is 9.47 Å². The third kappa shape index (κ3) is 3.59. The van der Waals surface area contributed by atoms with Gasteiger partial charge in [0.05, 0.1) is 14.2 Å². The summed E-state index contributed by atoms with van der Waals surface area (Å²) in [7, 11) is 3.43. The number of methoxy groups -OCH3 is 2. The van der Waals surface area contributed by atoms with E-state index < -0.39 is 0 Å². The summed E-state index contributed by atoms with van der Waals surface area (Å²) in [5, 5.41) is 0. The average Bonchev–Trinajstić information content (AvgIpc) is 3.17. The molecule has 2 heterocycles. The first-order chi connectivity index (χ1) is 12.8. The highest BCUT2D eigenvalue weighted by Crippen LogP contribution is 2.38. The molecule has 2 atom stereocenters. The minimum absolute atomic E-state index is 0.736. The Morgan fingerprint density at radius 1 is 0.885 bits per heavy atom. The van der Waals surface area contributed by atoms with Gasteiger partial charge in [0.2, 0.25) is 0 Å². The van der Waals surface area contributed by atoms with Crippen molar-refractivity contribution in [2.24, 2.45) is 5.92 Å². The second-order valence-corrected chi connectivity index (χ2v) is 8.29. The van der Waals surface area contributed by atoms with Gasteiger partial charge in [-0.1, -0.05) is 25.3 Å². The highest BCUT2D eigenvalue weighted by molar-refractivity contribution is 5.42. The molecule has 0 amide bonds. The lowest BCUT2D eigenvalue weighted by atomic mass is 9.78. The fraction of sp³-hybridized carbons (Fsp3) is 0.727. The van der Waals surface area contributed by atoms with Crippen LogP contribution in [0.2, 0.25) is 0 Å². The van der Waals surface area contributed by atoms with E-state index in [9.17, 15) is 0 Å². The van der Waals surface area contributed by atoms with E-state index >= 15 is 0 Å². The SMILES string of the molecule is COc1ccc(CN2CCN3CCC[C@H]3[C@H]2C2CCCCC2)cc1OC. The molecule has 0 aromatic heterocycles. The fourth-order valence-electron chi connectivity index (χ4n) is 5.65. The van der Waals surface area contributed by atoms with Crippen LogP contribution in [0.3, 0.4) is 0 Å². The zero-order valence-electron chi connectivity index (χ0n) is 16.5. The lowest BCUT2D eigenvalue weighted by Gasteiger charge is -2.49. The van der Waals surface area contributed by atoms with Gasteiger partial charge in [-0.25, -0.2) is 0 Å². The molecule has 0 bridgehead atoms. The van der Waals surface area contributed by atoms with E-state index in [0.29, 0.717) is 0 Å². The van der Waals surface area contributed by atoms with Crippen molar-refractivity contribution in [3.63, 3.8) is 0 Å². The summed E-state index contributed by atoms with van der Waals surface area (Å²) in [6.07, 6.45) is 9.93. The number of rotatable bonds is 5. The van der Waals surface area contributed by atoms with Crippen LogP contribution in [0.1, 0.15) is 50.5 Å². The van der Waals surface area contributed by atoms with Crippen molar-refractivity contribution in [1.29, 1.82) is 0 Å². The van der Waals surface area contributed by atoms with Gasteiger partial charge in [0.1, 0.15) is 0 Å². The maximum atomic E-state index is 5.53. The highest BCUT2D eigenvalue weighted by Gasteiger charge is 2.42. The Hall–Kier alpha value is -1.26. The van der Waals surface area contributed by atoms with Crippen molar-refractivity contribution in [3.05, 3.63) is 23.8 Å². The number of piperazine rings is 1. The summed E-state index contributed by atoms with van der Waals surface area (Å²) in [6, 6.07) is 7.94. The summed E-state index contributed by atoms with van der Waals surface area (Å²) in [5.74, 6) is 2.55. The molecule has 3 fully saturated rings. The average molecular weight is 359 g/mol. The predicted molar refractivity (Wildman–Crippen MR) is 105 cm³/mol. The maximum Gasteiger partial charge on any atom is 0.161 e. The minimum atomic E-state index is 0.736. The summed E-state index contributed by atoms with van der Waals surface area (Å²) >= 11 is 0. The van der Waals surface area contributed by atoms with Gasteiger partial charge >= 0.3 is 0 Å². The van der Waals surface area contributed by atoms with Gasteiger partial charge in [-0.2, -0.15) is 0 Å². The van der Waals surface area contributed by atoms with Gasteiger partial charge < -0.3 is 9.47 Å². The molecule has 2 aliphatic heterocycles. The molecule has 0 N–H and O–H groups in total. The molecule has 0 spiro atoms. The quantitative estimate of drug-likeness (QED) is 0.796. The first-order valence-corrected chi connectivity index (χ1v) is 10.5. The van der Waals surface area contributed by atoms with Crippen LogP contribution in [0.5, 0.6) is 11.5 Å². The molecular formula is C22H34N2O2. The summed E-state index contributed by atoms with van der Waals surface area (Å²) < 4.78 is 10.9. The molecule has 26 heavy (non-hydrogen) atoms. The van der Waals surface area contributed by atoms with E-state index in [4.69, 9.17) is 9.47 Å². The number of fused-ring (bicyclic) bond motifs is 1. The lowest BCUT2D eigenvalue weighted by molar-refractivity contribution is -0.00383. The lowest BCUT2D eigenvalue weighted by Crippen LogP contribution is -2.59. The molecule has 1 aliphatic carbocycles. The number of hydrogen-bond acceptors (Lipinski definition) is 4. The Balaban J connectivity index is 1.55. The van der Waals surface area contributed by atoms with E-state index in [0.717, 1.165) is 36.0 Å². The van der Waals surface area contributed by atoms with Crippen molar-refractivity contribution in [2.45, 2.75) is 63.6 Å². The van der Waals surface area contributed by atoms with Crippen molar-refractivity contribution in [1.82, 2.24) is 9.80 Å². The van der Waals surface area contributed by atoms with Gasteiger partial charge in [0, 0.05) is 31.7 Å². The molecule has 4 rings (SSSR count). The minimum Gasteiger partial charge on any atom is -0.493 e. The first kappa shape index (κ1) is 18.1. The van der Waals surface area contributed by atoms with Crippen LogP contribution < -0.4 is 9.47 Å². The van der Waals surface area contributed by atoms with Crippen LogP contribution in [0.15, 0.2) is 18.2 Å². The van der Waals surface area contributed by atoms with E-state index in [2.05, 4.69) is 28.0 Å². The Bertz CT molecular complexity index is 600. The van der Waals surface area contributed by atoms with Crippen molar-refractivity contribution >= 4 is 0 Å². The summed E-state index contributed by atoms with van der Waals surface area (Å²) in [4.78, 5) is 5.58. The molecule has 1 saturated carbocycles. The van der Waals surface area contributed by atoms with Gasteiger partial charge in [-0.05, 0) is 55.8 Å². The van der Waals surface area contributed by atoms with Gasteiger partial charge in [-0.3, -0.25) is 9.80 Å². The van der Waals surface area contributed by atoms with Gasteiger partial charge in [0.25, 0.3) is 0 Å². The van der Waals surface area contributed by atoms with E-state index in [1.807, 2.05) is 0 Å². The highest BCUT2D eigenvalue weighted by atomic mass is 16.5. The number of ether oxygens (including phenoxy) is 2. The molecule has 1 aromatic carbocycles. The third-order valence-corrected chi connectivity index (χ3v) is 6.87. The molecule has 2 saturated heterocycles. The van der Waals surface area contributed by atoms with Crippen molar-refractivity contribution in [2.75, 3.05) is 33.9 Å². The van der Waals surface area contributed by atoms with Gasteiger partial charge in [-0.15, -0.1) is 0 Å². The first-order valence-electron chi connectivity index (χ1n) is 10.5. The molecule has 1 aromatic rings. The zero-order chi connectivity index (χ0) is 17.9. The molecule has 4 nitrogen and oxygen atoms in total. The Morgan fingerprint density at radius 2 is 1.69 bits per heavy atom. The van der Waals surface area contributed by atoms with Crippen LogP contribution in [-0.2, 0) is 6.54 Å². The van der Waals surface area contributed by atoms with Crippen LogP contribution >= 0.6 is 0 Å². The standard InChI is InChI=1S/C22H34N2O2/c1-25-20-11-10-17(15-21(20)26-2)16-24-14-13-23-12-6-9-19(23)22(24)18-7-4-3-5-8-18/h10-11,15,18-19,22H,3-9,12-14,16H2,1-2H3/t19-,22+/m0/s1. The largest absolute Gasteiger partial charge is 0.493 e. The smallest absolute Gasteiger partial charge is 0.161 e. The van der Waals surface area contributed by atoms with Crippen LogP contribution in [0, 0.1) is 5.92 Å². The summed E-state index contributed by atoms with van der Waals surface area (Å²) in [5.41, 5.74) is 1.34. The molecule has 3 aliphatic rings. The van der Waals surface area contributed by atoms with Crippen LogP contribution in [-0.4, -0.2) is 55.7 Å². The monoisotopic (exact) mass is 358 g/mol. The van der Waals surface area contributed by atoms with E-state index in [1.165, 1.54) is 70.1 Å². The fourth-order valence-corrected chi connectivity index (χ4v) is 5.65. The number of hydrogen-bond donors (Lipinski definition) is 0. The Kier molecular flexibility index (Phi) is 5.70. The molecule has 0 unspecified atom stereocenters. The summed E-state index contributed by atoms with van der Waals surface area (Å²) in [6.45, 7) is 4.79. The Morgan fingerprint density at radius 3 is 2.46 bits per heavy atom. The number of nitrogens with zero attached hydrogens (tertiary/aromatic N) is 2. The Labute approximate surface area is 158 Å². The van der Waals surface area contributed by atoms with Crippen LogP contribution in [0.25, 0.3) is 0 Å². The molecule has 144 valence electrons. The predicted octanol–water partition coefficient (Wildman–Crippen LogP) is 3.93. The maximum absolute atomic E-state index is 5.53. The third-order valence-electron chi connectivity index (χ3n) is 6.87.